The average molecular weight is 262 g/mol. The van der Waals surface area contributed by atoms with Crippen LogP contribution in [0.3, 0.4) is 0 Å². The minimum atomic E-state index is -0.311. The van der Waals surface area contributed by atoms with Gasteiger partial charge in [0, 0.05) is 5.69 Å². The van der Waals surface area contributed by atoms with Crippen LogP contribution in [0.15, 0.2) is 18.2 Å². The molecule has 0 saturated heterocycles. The Morgan fingerprint density at radius 2 is 2.05 bits per heavy atom. The molecule has 1 aromatic rings. The molecule has 104 valence electrons. The topological polar surface area (TPSA) is 50.4 Å². The summed E-state index contributed by atoms with van der Waals surface area (Å²) in [7, 11) is 1.60. The van der Waals surface area contributed by atoms with Crippen LogP contribution < -0.4 is 15.4 Å². The molecule has 0 spiro atoms. The fourth-order valence-electron chi connectivity index (χ4n) is 2.48. The van der Waals surface area contributed by atoms with Gasteiger partial charge in [0.25, 0.3) is 5.91 Å². The van der Waals surface area contributed by atoms with Crippen molar-refractivity contribution in [2.24, 2.45) is 0 Å². The molecule has 4 heteroatoms. The first kappa shape index (κ1) is 13.7. The number of unbranched alkanes of at least 4 members (excludes halogenated alkanes) is 1. The Bertz CT molecular complexity index is 473. The normalized spacial score (nSPS) is 21.3. The number of hydrogen-bond acceptors (Lipinski definition) is 3. The maximum absolute atomic E-state index is 12.3. The largest absolute Gasteiger partial charge is 0.497 e. The number of anilines is 1. The number of carbonyl (C=O) groups excluding carboxylic acids is 1. The SMILES string of the molecule is CCCCC1(CC)NC(=O)c2cc(OC)ccc2N1. The number of fused-ring (bicyclic) bond motifs is 1. The van der Waals surface area contributed by atoms with E-state index in [1.165, 1.54) is 0 Å². The van der Waals surface area contributed by atoms with E-state index in [2.05, 4.69) is 24.5 Å². The van der Waals surface area contributed by atoms with Gasteiger partial charge in [-0.1, -0.05) is 20.3 Å². The molecule has 2 rings (SSSR count). The van der Waals surface area contributed by atoms with E-state index in [9.17, 15) is 4.79 Å². The molecule has 1 heterocycles. The number of carbonyl (C=O) groups is 1. The molecule has 2 N–H and O–H groups in total. The Balaban J connectivity index is 2.30. The molecule has 1 amide bonds. The fraction of sp³-hybridized carbons (Fsp3) is 0.533. The second-order valence-corrected chi connectivity index (χ2v) is 5.03. The number of ether oxygens (including phenoxy) is 1. The second-order valence-electron chi connectivity index (χ2n) is 5.03. The van der Waals surface area contributed by atoms with E-state index < -0.39 is 0 Å². The van der Waals surface area contributed by atoms with Crippen molar-refractivity contribution in [3.8, 4) is 5.75 Å². The summed E-state index contributed by atoms with van der Waals surface area (Å²) in [6.45, 7) is 4.25. The zero-order chi connectivity index (χ0) is 13.9. The van der Waals surface area contributed by atoms with Gasteiger partial charge in [-0.15, -0.1) is 0 Å². The smallest absolute Gasteiger partial charge is 0.255 e. The number of nitrogens with one attached hydrogen (secondary N) is 2. The predicted octanol–water partition coefficient (Wildman–Crippen LogP) is 3.15. The number of methoxy groups -OCH3 is 1. The van der Waals surface area contributed by atoms with Crippen molar-refractivity contribution in [1.82, 2.24) is 5.32 Å². The molecule has 4 nitrogen and oxygen atoms in total. The number of benzene rings is 1. The first-order valence-corrected chi connectivity index (χ1v) is 6.93. The van der Waals surface area contributed by atoms with Gasteiger partial charge in [0.1, 0.15) is 11.4 Å². The molecule has 0 radical (unpaired) electrons. The van der Waals surface area contributed by atoms with Crippen LogP contribution >= 0.6 is 0 Å². The molecule has 1 atom stereocenters. The van der Waals surface area contributed by atoms with Crippen LogP contribution in [0.1, 0.15) is 49.9 Å². The van der Waals surface area contributed by atoms with Crippen LogP contribution in [-0.4, -0.2) is 18.7 Å². The lowest BCUT2D eigenvalue weighted by atomic mass is 9.94. The standard InChI is InChI=1S/C15H22N2O2/c1-4-6-9-15(5-2)16-13-8-7-11(19-3)10-12(13)14(18)17-15/h7-8,10,16H,4-6,9H2,1-3H3,(H,17,18). The monoisotopic (exact) mass is 262 g/mol. The van der Waals surface area contributed by atoms with Gasteiger partial charge in [-0.05, 0) is 37.5 Å². The lowest BCUT2D eigenvalue weighted by molar-refractivity contribution is 0.0891. The molecule has 0 aromatic heterocycles. The quantitative estimate of drug-likeness (QED) is 0.857. The first-order chi connectivity index (χ1) is 9.14. The third kappa shape index (κ3) is 2.67. The molecule has 0 fully saturated rings. The fourth-order valence-corrected chi connectivity index (χ4v) is 2.48. The highest BCUT2D eigenvalue weighted by Crippen LogP contribution is 2.31. The van der Waals surface area contributed by atoms with Crippen molar-refractivity contribution in [1.29, 1.82) is 0 Å². The Kier molecular flexibility index (Phi) is 3.98. The molecular formula is C15H22N2O2. The van der Waals surface area contributed by atoms with Gasteiger partial charge in [0.2, 0.25) is 0 Å². The Morgan fingerprint density at radius 1 is 1.26 bits per heavy atom. The lowest BCUT2D eigenvalue weighted by Crippen LogP contribution is -2.57. The highest BCUT2D eigenvalue weighted by Gasteiger charge is 2.35. The van der Waals surface area contributed by atoms with E-state index in [-0.39, 0.29) is 11.6 Å². The second kappa shape index (κ2) is 5.51. The first-order valence-electron chi connectivity index (χ1n) is 6.93. The van der Waals surface area contributed by atoms with E-state index in [4.69, 9.17) is 4.74 Å². The van der Waals surface area contributed by atoms with Crippen LogP contribution in [0, 0.1) is 0 Å². The molecule has 1 aliphatic rings. The Labute approximate surface area is 114 Å². The van der Waals surface area contributed by atoms with Gasteiger partial charge in [-0.25, -0.2) is 0 Å². The number of amides is 1. The minimum absolute atomic E-state index is 0.0226. The van der Waals surface area contributed by atoms with E-state index in [0.29, 0.717) is 11.3 Å². The molecule has 0 bridgehead atoms. The highest BCUT2D eigenvalue weighted by molar-refractivity contribution is 6.02. The van der Waals surface area contributed by atoms with E-state index >= 15 is 0 Å². The van der Waals surface area contributed by atoms with Crippen LogP contribution in [0.2, 0.25) is 0 Å². The number of rotatable bonds is 5. The van der Waals surface area contributed by atoms with E-state index in [1.54, 1.807) is 13.2 Å². The molecular weight excluding hydrogens is 240 g/mol. The van der Waals surface area contributed by atoms with Gasteiger partial charge in [0.05, 0.1) is 12.7 Å². The third-order valence-electron chi connectivity index (χ3n) is 3.76. The Morgan fingerprint density at radius 3 is 2.68 bits per heavy atom. The summed E-state index contributed by atoms with van der Waals surface area (Å²) in [6, 6.07) is 5.57. The average Bonchev–Trinajstić information content (AvgIpc) is 2.45. The zero-order valence-corrected chi connectivity index (χ0v) is 11.9. The van der Waals surface area contributed by atoms with Gasteiger partial charge in [0.15, 0.2) is 0 Å². The zero-order valence-electron chi connectivity index (χ0n) is 11.9. The van der Waals surface area contributed by atoms with Crippen molar-refractivity contribution in [2.45, 2.75) is 45.2 Å². The lowest BCUT2D eigenvalue weighted by Gasteiger charge is -2.40. The van der Waals surface area contributed by atoms with Gasteiger partial charge in [-0.3, -0.25) is 4.79 Å². The van der Waals surface area contributed by atoms with Crippen LogP contribution in [0.25, 0.3) is 0 Å². The predicted molar refractivity (Wildman–Crippen MR) is 76.6 cm³/mol. The Hall–Kier alpha value is -1.71. The van der Waals surface area contributed by atoms with Gasteiger partial charge >= 0.3 is 0 Å². The van der Waals surface area contributed by atoms with Crippen LogP contribution in [0.4, 0.5) is 5.69 Å². The van der Waals surface area contributed by atoms with E-state index in [0.717, 1.165) is 31.4 Å². The molecule has 19 heavy (non-hydrogen) atoms. The molecule has 1 unspecified atom stereocenters. The van der Waals surface area contributed by atoms with Crippen LogP contribution in [0.5, 0.6) is 5.75 Å². The maximum atomic E-state index is 12.3. The van der Waals surface area contributed by atoms with Crippen molar-refractivity contribution >= 4 is 11.6 Å². The molecule has 0 saturated carbocycles. The summed E-state index contributed by atoms with van der Waals surface area (Å²) in [6.07, 6.45) is 4.02. The minimum Gasteiger partial charge on any atom is -0.497 e. The summed E-state index contributed by atoms with van der Waals surface area (Å²) in [4.78, 5) is 12.3. The highest BCUT2D eigenvalue weighted by atomic mass is 16.5. The van der Waals surface area contributed by atoms with Crippen molar-refractivity contribution in [3.63, 3.8) is 0 Å². The van der Waals surface area contributed by atoms with Crippen molar-refractivity contribution in [2.75, 3.05) is 12.4 Å². The summed E-state index contributed by atoms with van der Waals surface area (Å²) in [5, 5.41) is 6.61. The van der Waals surface area contributed by atoms with Gasteiger partial charge in [-0.2, -0.15) is 0 Å². The summed E-state index contributed by atoms with van der Waals surface area (Å²) in [5.74, 6) is 0.679. The van der Waals surface area contributed by atoms with E-state index in [1.807, 2.05) is 12.1 Å². The summed E-state index contributed by atoms with van der Waals surface area (Å²) in [5.41, 5.74) is 1.23. The van der Waals surface area contributed by atoms with Crippen LogP contribution in [-0.2, 0) is 0 Å². The number of hydrogen-bond donors (Lipinski definition) is 2. The third-order valence-corrected chi connectivity index (χ3v) is 3.76. The molecule has 0 aliphatic carbocycles. The molecule has 1 aliphatic heterocycles. The maximum Gasteiger partial charge on any atom is 0.255 e. The molecule has 1 aromatic carbocycles. The van der Waals surface area contributed by atoms with Crippen molar-refractivity contribution < 1.29 is 9.53 Å². The summed E-state index contributed by atoms with van der Waals surface area (Å²) >= 11 is 0. The van der Waals surface area contributed by atoms with Gasteiger partial charge < -0.3 is 15.4 Å². The summed E-state index contributed by atoms with van der Waals surface area (Å²) < 4.78 is 5.16. The van der Waals surface area contributed by atoms with Crippen molar-refractivity contribution in [3.05, 3.63) is 23.8 Å².